The van der Waals surface area contributed by atoms with Gasteiger partial charge in [0.25, 0.3) is 5.91 Å². The molecule has 0 bridgehead atoms. The van der Waals surface area contributed by atoms with Gasteiger partial charge >= 0.3 is 0 Å². The van der Waals surface area contributed by atoms with Crippen LogP contribution in [0.25, 0.3) is 0 Å². The Morgan fingerprint density at radius 1 is 1.10 bits per heavy atom. The first-order valence-electron chi connectivity index (χ1n) is 8.87. The number of nitrogens with one attached hydrogen (secondary N) is 1. The van der Waals surface area contributed by atoms with Crippen molar-refractivity contribution in [1.29, 1.82) is 0 Å². The van der Waals surface area contributed by atoms with Crippen LogP contribution >= 0.6 is 23.4 Å². The Labute approximate surface area is 178 Å². The van der Waals surface area contributed by atoms with Crippen molar-refractivity contribution in [3.8, 4) is 0 Å². The zero-order valence-corrected chi connectivity index (χ0v) is 17.6. The Kier molecular flexibility index (Phi) is 7.06. The Morgan fingerprint density at radius 2 is 1.86 bits per heavy atom. The fourth-order valence-electron chi connectivity index (χ4n) is 2.52. The molecule has 0 aliphatic carbocycles. The number of benzene rings is 2. The number of aromatic nitrogens is 2. The van der Waals surface area contributed by atoms with Crippen LogP contribution in [0.3, 0.4) is 0 Å². The molecule has 0 fully saturated rings. The number of halogens is 2. The van der Waals surface area contributed by atoms with Crippen molar-refractivity contribution in [3.63, 3.8) is 0 Å². The number of anilines is 1. The predicted octanol–water partition coefficient (Wildman–Crippen LogP) is 4.56. The van der Waals surface area contributed by atoms with Gasteiger partial charge in [0.2, 0.25) is 0 Å². The zero-order chi connectivity index (χ0) is 20.8. The molecule has 0 atom stereocenters. The number of hydrogen-bond acceptors (Lipinski definition) is 5. The molecule has 8 heteroatoms. The van der Waals surface area contributed by atoms with Crippen LogP contribution in [-0.2, 0) is 12.3 Å². The quantitative estimate of drug-likeness (QED) is 0.338. The maximum absolute atomic E-state index is 13.0. The summed E-state index contributed by atoms with van der Waals surface area (Å²) < 4.78 is 13.0. The van der Waals surface area contributed by atoms with Gasteiger partial charge in [-0.15, -0.1) is 0 Å². The molecule has 0 saturated heterocycles. The van der Waals surface area contributed by atoms with Crippen molar-refractivity contribution in [2.75, 3.05) is 19.0 Å². The first-order chi connectivity index (χ1) is 13.9. The molecule has 29 heavy (non-hydrogen) atoms. The second-order valence-electron chi connectivity index (χ2n) is 6.52. The summed E-state index contributed by atoms with van der Waals surface area (Å²) in [7, 11) is 3.78. The number of carbonyl (C=O) groups excluding carboxylic acids is 1. The Balaban J connectivity index is 1.62. The normalized spacial score (nSPS) is 10.6. The van der Waals surface area contributed by atoms with Crippen molar-refractivity contribution in [1.82, 2.24) is 15.3 Å². The zero-order valence-electron chi connectivity index (χ0n) is 16.0. The minimum atomic E-state index is -0.299. The first-order valence-corrected chi connectivity index (χ1v) is 10.2. The molecule has 0 aliphatic rings. The van der Waals surface area contributed by atoms with Gasteiger partial charge in [0, 0.05) is 38.0 Å². The van der Waals surface area contributed by atoms with E-state index in [1.807, 2.05) is 37.2 Å². The van der Waals surface area contributed by atoms with Crippen molar-refractivity contribution >= 4 is 35.1 Å². The summed E-state index contributed by atoms with van der Waals surface area (Å²) in [6.45, 7) is 0.335. The highest BCUT2D eigenvalue weighted by Crippen LogP contribution is 2.24. The van der Waals surface area contributed by atoms with E-state index in [1.165, 1.54) is 23.9 Å². The molecule has 0 aliphatic heterocycles. The lowest BCUT2D eigenvalue weighted by molar-refractivity contribution is 0.0951. The van der Waals surface area contributed by atoms with Crippen LogP contribution < -0.4 is 10.2 Å². The topological polar surface area (TPSA) is 58.1 Å². The Bertz CT molecular complexity index is 998. The van der Waals surface area contributed by atoms with Crippen molar-refractivity contribution in [2.24, 2.45) is 0 Å². The summed E-state index contributed by atoms with van der Waals surface area (Å²) in [4.78, 5) is 23.0. The van der Waals surface area contributed by atoms with E-state index in [9.17, 15) is 9.18 Å². The number of thioether (sulfide) groups is 1. The van der Waals surface area contributed by atoms with Gasteiger partial charge in [-0.25, -0.2) is 14.4 Å². The summed E-state index contributed by atoms with van der Waals surface area (Å²) in [5.74, 6) is 0.856. The molecule has 0 spiro atoms. The van der Waals surface area contributed by atoms with Gasteiger partial charge in [-0.05, 0) is 35.4 Å². The van der Waals surface area contributed by atoms with E-state index in [2.05, 4.69) is 15.3 Å². The van der Waals surface area contributed by atoms with Crippen LogP contribution in [0.4, 0.5) is 10.2 Å². The molecule has 1 heterocycles. The van der Waals surface area contributed by atoms with E-state index in [0.717, 1.165) is 16.9 Å². The van der Waals surface area contributed by atoms with Crippen LogP contribution in [-0.4, -0.2) is 30.0 Å². The third-order valence-electron chi connectivity index (χ3n) is 4.04. The van der Waals surface area contributed by atoms with Crippen LogP contribution in [0, 0.1) is 5.82 Å². The van der Waals surface area contributed by atoms with Gasteiger partial charge < -0.3 is 10.2 Å². The monoisotopic (exact) mass is 430 g/mol. The number of amides is 1. The van der Waals surface area contributed by atoms with Gasteiger partial charge in [-0.2, -0.15) is 0 Å². The third kappa shape index (κ3) is 6.17. The average molecular weight is 431 g/mol. The van der Waals surface area contributed by atoms with E-state index in [1.54, 1.807) is 24.3 Å². The summed E-state index contributed by atoms with van der Waals surface area (Å²) in [5.41, 5.74) is 2.37. The van der Waals surface area contributed by atoms with Gasteiger partial charge in [-0.1, -0.05) is 47.6 Å². The van der Waals surface area contributed by atoms with Gasteiger partial charge in [0.1, 0.15) is 16.8 Å². The molecule has 150 valence electrons. The van der Waals surface area contributed by atoms with E-state index in [0.29, 0.717) is 28.2 Å². The fraction of sp³-hybridized carbons (Fsp3) is 0.190. The summed E-state index contributed by atoms with van der Waals surface area (Å²) in [6, 6.07) is 15.1. The van der Waals surface area contributed by atoms with Crippen LogP contribution in [0.1, 0.15) is 21.5 Å². The maximum Gasteiger partial charge on any atom is 0.251 e. The molecule has 3 rings (SSSR count). The van der Waals surface area contributed by atoms with Crippen LogP contribution in [0.15, 0.2) is 59.8 Å². The lowest BCUT2D eigenvalue weighted by Crippen LogP contribution is -2.22. The second kappa shape index (κ2) is 9.71. The molecule has 1 N–H and O–H groups in total. The molecule has 5 nitrogen and oxygen atoms in total. The molecule has 0 saturated carbocycles. The van der Waals surface area contributed by atoms with Gasteiger partial charge in [0.15, 0.2) is 5.16 Å². The SMILES string of the molecule is CN(C)c1cc(Cl)nc(SCc2cccc(C(=O)NCc3ccc(F)cc3)c2)n1. The molecular weight excluding hydrogens is 411 g/mol. The number of carbonyl (C=O) groups is 1. The smallest absolute Gasteiger partial charge is 0.251 e. The maximum atomic E-state index is 13.0. The third-order valence-corrected chi connectivity index (χ3v) is 5.15. The first kappa shape index (κ1) is 21.1. The molecule has 3 aromatic rings. The highest BCUT2D eigenvalue weighted by atomic mass is 35.5. The molecule has 0 unspecified atom stereocenters. The van der Waals surface area contributed by atoms with E-state index < -0.39 is 0 Å². The number of hydrogen-bond donors (Lipinski definition) is 1. The minimum Gasteiger partial charge on any atom is -0.363 e. The van der Waals surface area contributed by atoms with E-state index >= 15 is 0 Å². The predicted molar refractivity (Wildman–Crippen MR) is 115 cm³/mol. The van der Waals surface area contributed by atoms with Crippen molar-refractivity contribution < 1.29 is 9.18 Å². The van der Waals surface area contributed by atoms with Gasteiger partial charge in [-0.3, -0.25) is 4.79 Å². The standard InChI is InChI=1S/C21H20ClFN4OS/c1-27(2)19-11-18(22)25-21(26-19)29-13-15-4-3-5-16(10-15)20(28)24-12-14-6-8-17(23)9-7-14/h3-11H,12-13H2,1-2H3,(H,24,28). The average Bonchev–Trinajstić information content (AvgIpc) is 2.71. The highest BCUT2D eigenvalue weighted by molar-refractivity contribution is 7.98. The fourth-order valence-corrected chi connectivity index (χ4v) is 3.54. The molecule has 1 amide bonds. The van der Waals surface area contributed by atoms with E-state index in [-0.39, 0.29) is 11.7 Å². The largest absolute Gasteiger partial charge is 0.363 e. The highest BCUT2D eigenvalue weighted by Gasteiger charge is 2.09. The Morgan fingerprint density at radius 3 is 2.59 bits per heavy atom. The summed E-state index contributed by atoms with van der Waals surface area (Å²) in [6.07, 6.45) is 0. The number of nitrogens with zero attached hydrogens (tertiary/aromatic N) is 3. The lowest BCUT2D eigenvalue weighted by Gasteiger charge is -2.12. The van der Waals surface area contributed by atoms with Crippen molar-refractivity contribution in [3.05, 3.63) is 82.3 Å². The molecule has 0 radical (unpaired) electrons. The van der Waals surface area contributed by atoms with E-state index in [4.69, 9.17) is 11.6 Å². The Hall–Kier alpha value is -2.64. The van der Waals surface area contributed by atoms with Crippen molar-refractivity contribution in [2.45, 2.75) is 17.5 Å². The summed E-state index contributed by atoms with van der Waals surface area (Å²) >= 11 is 7.52. The molecule has 2 aromatic carbocycles. The summed E-state index contributed by atoms with van der Waals surface area (Å²) in [5, 5.41) is 3.81. The molecule has 1 aromatic heterocycles. The van der Waals surface area contributed by atoms with Crippen LogP contribution in [0.2, 0.25) is 5.15 Å². The minimum absolute atomic E-state index is 0.185. The molecular formula is C21H20ClFN4OS. The van der Waals surface area contributed by atoms with Crippen LogP contribution in [0.5, 0.6) is 0 Å². The second-order valence-corrected chi connectivity index (χ2v) is 7.85. The van der Waals surface area contributed by atoms with Gasteiger partial charge in [0.05, 0.1) is 0 Å². The number of rotatable bonds is 7. The lowest BCUT2D eigenvalue weighted by atomic mass is 10.1.